The van der Waals surface area contributed by atoms with E-state index in [4.69, 9.17) is 5.73 Å². The van der Waals surface area contributed by atoms with E-state index in [1.54, 1.807) is 0 Å². The Bertz CT molecular complexity index is 356. The van der Waals surface area contributed by atoms with Crippen LogP contribution in [0.25, 0.3) is 0 Å². The summed E-state index contributed by atoms with van der Waals surface area (Å²) >= 11 is 0. The van der Waals surface area contributed by atoms with Gasteiger partial charge in [-0.2, -0.15) is 0 Å². The molecule has 0 spiro atoms. The molecule has 0 unspecified atom stereocenters. The van der Waals surface area contributed by atoms with E-state index < -0.39 is 0 Å². The molecule has 1 fully saturated rings. The fourth-order valence-corrected chi connectivity index (χ4v) is 2.17. The zero-order valence-corrected chi connectivity index (χ0v) is 10.8. The van der Waals surface area contributed by atoms with E-state index in [1.165, 1.54) is 0 Å². The Balaban J connectivity index is 2.05. The topological polar surface area (TPSA) is 55.0 Å². The molecule has 0 bridgehead atoms. The quantitative estimate of drug-likeness (QED) is 0.863. The first-order chi connectivity index (χ1) is 8.15. The standard InChI is InChI=1S/C13H22N4/c1-10(2)9-12-3-6-15-13(16-12)17-7-4-11(14)5-8-17/h3,6,10-11H,4-5,7-9,14H2,1-2H3. The van der Waals surface area contributed by atoms with Crippen molar-refractivity contribution < 1.29 is 0 Å². The third-order valence-electron chi connectivity index (χ3n) is 3.14. The van der Waals surface area contributed by atoms with Gasteiger partial charge in [0, 0.05) is 31.0 Å². The highest BCUT2D eigenvalue weighted by Gasteiger charge is 2.18. The van der Waals surface area contributed by atoms with Crippen molar-refractivity contribution in [2.45, 2.75) is 39.2 Å². The van der Waals surface area contributed by atoms with Gasteiger partial charge in [-0.25, -0.2) is 9.97 Å². The summed E-state index contributed by atoms with van der Waals surface area (Å²) in [5.41, 5.74) is 7.04. The predicted octanol–water partition coefficient (Wildman–Crippen LogP) is 1.60. The summed E-state index contributed by atoms with van der Waals surface area (Å²) in [6, 6.07) is 2.37. The number of nitrogens with two attached hydrogens (primary N) is 1. The van der Waals surface area contributed by atoms with Gasteiger partial charge in [0.2, 0.25) is 5.95 Å². The Morgan fingerprint density at radius 1 is 1.41 bits per heavy atom. The maximum atomic E-state index is 5.90. The van der Waals surface area contributed by atoms with Gasteiger partial charge >= 0.3 is 0 Å². The Labute approximate surface area is 103 Å². The minimum absolute atomic E-state index is 0.352. The number of hydrogen-bond acceptors (Lipinski definition) is 4. The van der Waals surface area contributed by atoms with E-state index in [0.29, 0.717) is 12.0 Å². The van der Waals surface area contributed by atoms with Gasteiger partial charge in [0.05, 0.1) is 0 Å². The molecule has 1 aromatic rings. The monoisotopic (exact) mass is 234 g/mol. The zero-order valence-electron chi connectivity index (χ0n) is 10.8. The van der Waals surface area contributed by atoms with Crippen LogP contribution >= 0.6 is 0 Å². The molecule has 94 valence electrons. The largest absolute Gasteiger partial charge is 0.341 e. The van der Waals surface area contributed by atoms with Gasteiger partial charge in [0.15, 0.2) is 0 Å². The Kier molecular flexibility index (Phi) is 3.94. The number of rotatable bonds is 3. The lowest BCUT2D eigenvalue weighted by Gasteiger charge is -2.30. The van der Waals surface area contributed by atoms with Crippen LogP contribution < -0.4 is 10.6 Å². The summed E-state index contributed by atoms with van der Waals surface area (Å²) in [5.74, 6) is 1.50. The molecule has 0 aromatic carbocycles. The fraction of sp³-hybridized carbons (Fsp3) is 0.692. The highest BCUT2D eigenvalue weighted by Crippen LogP contribution is 2.16. The average molecular weight is 234 g/mol. The minimum atomic E-state index is 0.352. The summed E-state index contributed by atoms with van der Waals surface area (Å²) in [5, 5.41) is 0. The predicted molar refractivity (Wildman–Crippen MR) is 70.0 cm³/mol. The van der Waals surface area contributed by atoms with E-state index in [1.807, 2.05) is 12.3 Å². The smallest absolute Gasteiger partial charge is 0.225 e. The molecule has 4 heteroatoms. The maximum absolute atomic E-state index is 5.90. The molecule has 17 heavy (non-hydrogen) atoms. The van der Waals surface area contributed by atoms with Crippen LogP contribution in [-0.4, -0.2) is 29.1 Å². The third-order valence-corrected chi connectivity index (χ3v) is 3.14. The second-order valence-corrected chi connectivity index (χ2v) is 5.27. The number of nitrogens with zero attached hydrogens (tertiary/aromatic N) is 3. The highest BCUT2D eigenvalue weighted by molar-refractivity contribution is 5.31. The average Bonchev–Trinajstić information content (AvgIpc) is 2.29. The summed E-state index contributed by atoms with van der Waals surface area (Å²) < 4.78 is 0. The lowest BCUT2D eigenvalue weighted by molar-refractivity contribution is 0.494. The number of aromatic nitrogens is 2. The maximum Gasteiger partial charge on any atom is 0.225 e. The number of piperidine rings is 1. The van der Waals surface area contributed by atoms with Crippen LogP contribution in [0.3, 0.4) is 0 Å². The van der Waals surface area contributed by atoms with Crippen LogP contribution in [0.15, 0.2) is 12.3 Å². The number of anilines is 1. The normalized spacial score (nSPS) is 17.8. The first kappa shape index (κ1) is 12.3. The molecule has 0 saturated carbocycles. The van der Waals surface area contributed by atoms with E-state index in [-0.39, 0.29) is 0 Å². The molecule has 2 rings (SSSR count). The van der Waals surface area contributed by atoms with Gasteiger partial charge < -0.3 is 10.6 Å². The van der Waals surface area contributed by atoms with E-state index in [9.17, 15) is 0 Å². The van der Waals surface area contributed by atoms with Crippen LogP contribution in [0.4, 0.5) is 5.95 Å². The molecule has 0 amide bonds. The van der Waals surface area contributed by atoms with Crippen molar-refractivity contribution in [1.29, 1.82) is 0 Å². The van der Waals surface area contributed by atoms with Gasteiger partial charge in [-0.1, -0.05) is 13.8 Å². The van der Waals surface area contributed by atoms with Crippen LogP contribution in [0, 0.1) is 5.92 Å². The van der Waals surface area contributed by atoms with Crippen LogP contribution in [0.1, 0.15) is 32.4 Å². The summed E-state index contributed by atoms with van der Waals surface area (Å²) in [6.45, 7) is 6.38. The van der Waals surface area contributed by atoms with Gasteiger partial charge in [-0.3, -0.25) is 0 Å². The van der Waals surface area contributed by atoms with Crippen molar-refractivity contribution in [3.05, 3.63) is 18.0 Å². The molecule has 0 radical (unpaired) electrons. The zero-order chi connectivity index (χ0) is 12.3. The molecule has 2 N–H and O–H groups in total. The van der Waals surface area contributed by atoms with Gasteiger partial charge in [0.25, 0.3) is 0 Å². The Hall–Kier alpha value is -1.16. The van der Waals surface area contributed by atoms with Crippen LogP contribution in [-0.2, 0) is 6.42 Å². The van der Waals surface area contributed by atoms with Crippen molar-refractivity contribution in [3.8, 4) is 0 Å². The Morgan fingerprint density at radius 2 is 2.12 bits per heavy atom. The van der Waals surface area contributed by atoms with Crippen LogP contribution in [0.5, 0.6) is 0 Å². The molecule has 2 heterocycles. The summed E-state index contributed by atoms with van der Waals surface area (Å²) in [7, 11) is 0. The summed E-state index contributed by atoms with van der Waals surface area (Å²) in [6.07, 6.45) is 4.97. The first-order valence-electron chi connectivity index (χ1n) is 6.47. The molecule has 1 saturated heterocycles. The molecule has 0 aliphatic carbocycles. The lowest BCUT2D eigenvalue weighted by Crippen LogP contribution is -2.40. The van der Waals surface area contributed by atoms with Crippen molar-refractivity contribution in [1.82, 2.24) is 9.97 Å². The van der Waals surface area contributed by atoms with E-state index in [2.05, 4.69) is 28.7 Å². The second-order valence-electron chi connectivity index (χ2n) is 5.27. The van der Waals surface area contributed by atoms with Gasteiger partial charge in [0.1, 0.15) is 0 Å². The molecule has 4 nitrogen and oxygen atoms in total. The minimum Gasteiger partial charge on any atom is -0.341 e. The Morgan fingerprint density at radius 3 is 2.76 bits per heavy atom. The lowest BCUT2D eigenvalue weighted by atomic mass is 10.1. The van der Waals surface area contributed by atoms with E-state index >= 15 is 0 Å². The SMILES string of the molecule is CC(C)Cc1ccnc(N2CCC(N)CC2)n1. The molecule has 1 aliphatic heterocycles. The number of hydrogen-bond donors (Lipinski definition) is 1. The van der Waals surface area contributed by atoms with Gasteiger partial charge in [-0.05, 0) is 31.2 Å². The molecular weight excluding hydrogens is 212 g/mol. The molecule has 1 aromatic heterocycles. The van der Waals surface area contributed by atoms with Crippen molar-refractivity contribution >= 4 is 5.95 Å². The molecule has 1 aliphatic rings. The molecular formula is C13H22N4. The van der Waals surface area contributed by atoms with Gasteiger partial charge in [-0.15, -0.1) is 0 Å². The second kappa shape index (κ2) is 5.45. The highest BCUT2D eigenvalue weighted by atomic mass is 15.3. The fourth-order valence-electron chi connectivity index (χ4n) is 2.17. The van der Waals surface area contributed by atoms with Crippen molar-refractivity contribution in [2.24, 2.45) is 11.7 Å². The van der Waals surface area contributed by atoms with E-state index in [0.717, 1.165) is 44.0 Å². The van der Waals surface area contributed by atoms with Crippen molar-refractivity contribution in [2.75, 3.05) is 18.0 Å². The summed E-state index contributed by atoms with van der Waals surface area (Å²) in [4.78, 5) is 11.2. The first-order valence-corrected chi connectivity index (χ1v) is 6.47. The third kappa shape index (κ3) is 3.40. The van der Waals surface area contributed by atoms with Crippen LogP contribution in [0.2, 0.25) is 0 Å². The van der Waals surface area contributed by atoms with Crippen molar-refractivity contribution in [3.63, 3.8) is 0 Å². The molecule has 0 atom stereocenters.